The first kappa shape index (κ1) is 11.4. The summed E-state index contributed by atoms with van der Waals surface area (Å²) in [6, 6.07) is 6.31. The maximum absolute atomic E-state index is 5.64. The van der Waals surface area contributed by atoms with Crippen LogP contribution in [-0.4, -0.2) is 17.0 Å². The molecule has 2 aromatic rings. The second kappa shape index (κ2) is 4.41. The van der Waals surface area contributed by atoms with Gasteiger partial charge in [0.25, 0.3) is 0 Å². The van der Waals surface area contributed by atoms with Gasteiger partial charge in [0.2, 0.25) is 0 Å². The van der Waals surface area contributed by atoms with Crippen molar-refractivity contribution in [3.63, 3.8) is 0 Å². The zero-order valence-electron chi connectivity index (χ0n) is 10.3. The lowest BCUT2D eigenvalue weighted by molar-refractivity contribution is 1.08. The minimum absolute atomic E-state index is 0.430. The van der Waals surface area contributed by atoms with E-state index in [0.29, 0.717) is 5.82 Å². The van der Waals surface area contributed by atoms with Crippen molar-refractivity contribution >= 4 is 17.3 Å². The average Bonchev–Trinajstić information content (AvgIpc) is 2.28. The van der Waals surface area contributed by atoms with Crippen molar-refractivity contribution < 1.29 is 0 Å². The van der Waals surface area contributed by atoms with Crippen molar-refractivity contribution in [2.45, 2.75) is 13.8 Å². The normalized spacial score (nSPS) is 10.3. The molecule has 0 aliphatic rings. The number of rotatable bonds is 2. The molecule has 88 valence electrons. The molecule has 0 atom stereocenters. The molecule has 0 amide bonds. The molecule has 0 radical (unpaired) electrons. The van der Waals surface area contributed by atoms with Crippen LogP contribution >= 0.6 is 0 Å². The lowest BCUT2D eigenvalue weighted by Gasteiger charge is -2.20. The van der Waals surface area contributed by atoms with Crippen molar-refractivity contribution in [2.24, 2.45) is 0 Å². The van der Waals surface area contributed by atoms with Gasteiger partial charge in [0.05, 0.1) is 12.4 Å². The summed E-state index contributed by atoms with van der Waals surface area (Å²) in [5.41, 5.74) is 9.20. The molecular weight excluding hydrogens is 212 g/mol. The fraction of sp³-hybridized carbons (Fsp3) is 0.231. The third-order valence-corrected chi connectivity index (χ3v) is 2.70. The molecule has 2 N–H and O–H groups in total. The van der Waals surface area contributed by atoms with Crippen molar-refractivity contribution in [3.8, 4) is 0 Å². The molecule has 0 unspecified atom stereocenters. The Bertz CT molecular complexity index is 537. The number of benzene rings is 1. The summed E-state index contributed by atoms with van der Waals surface area (Å²) in [5.74, 6) is 1.18. The smallest absolute Gasteiger partial charge is 0.153 e. The number of hydrogen-bond acceptors (Lipinski definition) is 4. The molecule has 0 saturated carbocycles. The van der Waals surface area contributed by atoms with Crippen molar-refractivity contribution in [1.82, 2.24) is 9.97 Å². The largest absolute Gasteiger partial charge is 0.382 e. The maximum atomic E-state index is 5.64. The Labute approximate surface area is 101 Å². The molecule has 0 saturated heterocycles. The highest BCUT2D eigenvalue weighted by Crippen LogP contribution is 2.25. The van der Waals surface area contributed by atoms with Crippen LogP contribution < -0.4 is 10.6 Å². The Hall–Kier alpha value is -2.10. The van der Waals surface area contributed by atoms with Crippen LogP contribution in [0.5, 0.6) is 0 Å². The van der Waals surface area contributed by atoms with Crippen molar-refractivity contribution in [1.29, 1.82) is 0 Å². The SMILES string of the molecule is Cc1ccc(N(C)c2cncc(N)n2)c(C)c1. The van der Waals surface area contributed by atoms with E-state index in [1.165, 1.54) is 11.1 Å². The van der Waals surface area contributed by atoms with Crippen LogP contribution in [-0.2, 0) is 0 Å². The zero-order valence-corrected chi connectivity index (χ0v) is 10.3. The second-order valence-corrected chi connectivity index (χ2v) is 4.15. The molecule has 17 heavy (non-hydrogen) atoms. The van der Waals surface area contributed by atoms with Gasteiger partial charge < -0.3 is 10.6 Å². The Balaban J connectivity index is 2.40. The van der Waals surface area contributed by atoms with Gasteiger partial charge in [-0.2, -0.15) is 0 Å². The van der Waals surface area contributed by atoms with E-state index in [9.17, 15) is 0 Å². The van der Waals surface area contributed by atoms with E-state index in [2.05, 4.69) is 42.0 Å². The van der Waals surface area contributed by atoms with E-state index < -0.39 is 0 Å². The molecular formula is C13H16N4. The molecule has 1 aromatic heterocycles. The Morgan fingerprint density at radius 2 is 1.94 bits per heavy atom. The lowest BCUT2D eigenvalue weighted by atomic mass is 10.1. The summed E-state index contributed by atoms with van der Waals surface area (Å²) in [6.45, 7) is 4.16. The molecule has 0 spiro atoms. The van der Waals surface area contributed by atoms with Crippen LogP contribution in [0.2, 0.25) is 0 Å². The van der Waals surface area contributed by atoms with E-state index in [4.69, 9.17) is 5.73 Å². The number of nitrogens with zero attached hydrogens (tertiary/aromatic N) is 3. The second-order valence-electron chi connectivity index (χ2n) is 4.15. The summed E-state index contributed by atoms with van der Waals surface area (Å²) in [6.07, 6.45) is 3.25. The van der Waals surface area contributed by atoms with Gasteiger partial charge in [0.1, 0.15) is 5.82 Å². The highest BCUT2D eigenvalue weighted by atomic mass is 15.2. The van der Waals surface area contributed by atoms with E-state index in [1.54, 1.807) is 12.4 Å². The van der Waals surface area contributed by atoms with Gasteiger partial charge in [0.15, 0.2) is 5.82 Å². The van der Waals surface area contributed by atoms with Gasteiger partial charge in [-0.25, -0.2) is 4.98 Å². The number of nitrogen functional groups attached to an aromatic ring is 1. The van der Waals surface area contributed by atoms with Crippen LogP contribution in [0.1, 0.15) is 11.1 Å². The number of anilines is 3. The van der Waals surface area contributed by atoms with Gasteiger partial charge in [-0.3, -0.25) is 4.98 Å². The quantitative estimate of drug-likeness (QED) is 0.857. The van der Waals surface area contributed by atoms with Gasteiger partial charge in [-0.15, -0.1) is 0 Å². The average molecular weight is 228 g/mol. The van der Waals surface area contributed by atoms with Crippen LogP contribution in [0.25, 0.3) is 0 Å². The Kier molecular flexibility index (Phi) is 2.95. The van der Waals surface area contributed by atoms with Crippen molar-refractivity contribution in [3.05, 3.63) is 41.7 Å². The molecule has 4 heteroatoms. The van der Waals surface area contributed by atoms with Gasteiger partial charge >= 0.3 is 0 Å². The molecule has 0 fully saturated rings. The molecule has 4 nitrogen and oxygen atoms in total. The van der Waals surface area contributed by atoms with Gasteiger partial charge in [-0.05, 0) is 25.5 Å². The molecule has 0 bridgehead atoms. The molecule has 0 aliphatic carbocycles. The summed E-state index contributed by atoms with van der Waals surface area (Å²) in [5, 5.41) is 0. The highest BCUT2D eigenvalue weighted by molar-refractivity contribution is 5.63. The Morgan fingerprint density at radius 3 is 2.59 bits per heavy atom. The standard InChI is InChI=1S/C13H16N4/c1-9-4-5-11(10(2)6-9)17(3)13-8-15-7-12(14)16-13/h4-8H,1-3H3,(H2,14,16). The summed E-state index contributed by atoms with van der Waals surface area (Å²) in [7, 11) is 1.96. The topological polar surface area (TPSA) is 55.0 Å². The van der Waals surface area contributed by atoms with Crippen molar-refractivity contribution in [2.75, 3.05) is 17.7 Å². The first-order valence-corrected chi connectivity index (χ1v) is 5.46. The highest BCUT2D eigenvalue weighted by Gasteiger charge is 2.08. The van der Waals surface area contributed by atoms with E-state index in [-0.39, 0.29) is 0 Å². The van der Waals surface area contributed by atoms with Crippen LogP contribution in [0, 0.1) is 13.8 Å². The van der Waals surface area contributed by atoms with Crippen LogP contribution in [0.4, 0.5) is 17.3 Å². The lowest BCUT2D eigenvalue weighted by Crippen LogP contribution is -2.13. The van der Waals surface area contributed by atoms with Gasteiger partial charge in [0, 0.05) is 12.7 Å². The van der Waals surface area contributed by atoms with E-state index >= 15 is 0 Å². The minimum atomic E-state index is 0.430. The fourth-order valence-electron chi connectivity index (χ4n) is 1.84. The fourth-order valence-corrected chi connectivity index (χ4v) is 1.84. The predicted molar refractivity (Wildman–Crippen MR) is 70.4 cm³/mol. The predicted octanol–water partition coefficient (Wildman–Crippen LogP) is 2.44. The number of aryl methyl sites for hydroxylation is 2. The molecule has 1 aromatic carbocycles. The molecule has 1 heterocycles. The summed E-state index contributed by atoms with van der Waals surface area (Å²) in [4.78, 5) is 10.3. The third kappa shape index (κ3) is 2.36. The number of aromatic nitrogens is 2. The first-order chi connectivity index (χ1) is 8.08. The maximum Gasteiger partial charge on any atom is 0.153 e. The Morgan fingerprint density at radius 1 is 1.18 bits per heavy atom. The van der Waals surface area contributed by atoms with Crippen LogP contribution in [0.15, 0.2) is 30.6 Å². The summed E-state index contributed by atoms with van der Waals surface area (Å²) < 4.78 is 0. The third-order valence-electron chi connectivity index (χ3n) is 2.70. The monoisotopic (exact) mass is 228 g/mol. The first-order valence-electron chi connectivity index (χ1n) is 5.46. The molecule has 0 aliphatic heterocycles. The number of hydrogen-bond donors (Lipinski definition) is 1. The van der Waals surface area contributed by atoms with Crippen LogP contribution in [0.3, 0.4) is 0 Å². The van der Waals surface area contributed by atoms with Gasteiger partial charge in [-0.1, -0.05) is 17.7 Å². The minimum Gasteiger partial charge on any atom is -0.382 e. The van der Waals surface area contributed by atoms with E-state index in [1.807, 2.05) is 11.9 Å². The number of nitrogens with two attached hydrogens (primary N) is 1. The molecule has 2 rings (SSSR count). The van der Waals surface area contributed by atoms with E-state index in [0.717, 1.165) is 11.5 Å². The zero-order chi connectivity index (χ0) is 12.4. The summed E-state index contributed by atoms with van der Waals surface area (Å²) >= 11 is 0.